The molecular weight excluding hydrogens is 468 g/mol. The number of carbonyl (C=O) groups excluding carboxylic acids is 1. The summed E-state index contributed by atoms with van der Waals surface area (Å²) in [6.45, 7) is 3.97. The zero-order chi connectivity index (χ0) is 22.9. The number of aromatic amines is 1. The molecule has 2 aromatic carbocycles. The van der Waals surface area contributed by atoms with Crippen molar-refractivity contribution in [2.75, 3.05) is 31.2 Å². The van der Waals surface area contributed by atoms with Gasteiger partial charge in [0, 0.05) is 25.8 Å². The number of urea groups is 1. The van der Waals surface area contributed by atoms with Crippen LogP contribution in [0, 0.1) is 11.6 Å². The van der Waals surface area contributed by atoms with Crippen molar-refractivity contribution in [1.29, 1.82) is 0 Å². The Morgan fingerprint density at radius 3 is 2.62 bits per heavy atom. The first-order valence-corrected chi connectivity index (χ1v) is 10.4. The number of anilines is 2. The van der Waals surface area contributed by atoms with Crippen LogP contribution < -0.4 is 10.6 Å². The van der Waals surface area contributed by atoms with Crippen LogP contribution >= 0.6 is 12.4 Å². The van der Waals surface area contributed by atoms with Crippen LogP contribution in [0.5, 0.6) is 0 Å². The van der Waals surface area contributed by atoms with Gasteiger partial charge in [-0.05, 0) is 29.8 Å². The number of fused-ring (bicyclic) bond motifs is 1. The van der Waals surface area contributed by atoms with Crippen molar-refractivity contribution >= 4 is 40.8 Å². The van der Waals surface area contributed by atoms with E-state index < -0.39 is 23.4 Å². The second kappa shape index (κ2) is 9.75. The van der Waals surface area contributed by atoms with Crippen LogP contribution in [0.1, 0.15) is 5.56 Å². The standard InChI is InChI=1S/C22H21F2N7O2.ClH/c23-15-2-1-3-16(24)20(15)31(22(25)32)19-11-27-28-21(19)30-13-26-17-10-14(4-5-18(17)30)12-29-6-8-33-9-7-29;/h1-5,10-11,13H,6-9,12H2,(H2,25,32)(H,27,28);1H. The molecule has 0 saturated carbocycles. The van der Waals surface area contributed by atoms with Gasteiger partial charge in [0.15, 0.2) is 5.82 Å². The smallest absolute Gasteiger partial charge is 0.324 e. The number of benzene rings is 2. The van der Waals surface area contributed by atoms with E-state index in [0.29, 0.717) is 5.52 Å². The summed E-state index contributed by atoms with van der Waals surface area (Å²) in [5.41, 5.74) is 7.56. The monoisotopic (exact) mass is 489 g/mol. The van der Waals surface area contributed by atoms with Crippen molar-refractivity contribution < 1.29 is 18.3 Å². The molecule has 34 heavy (non-hydrogen) atoms. The topological polar surface area (TPSA) is 105 Å². The molecular formula is C22H22ClF2N7O2. The number of rotatable bonds is 5. The minimum Gasteiger partial charge on any atom is -0.379 e. The first-order valence-electron chi connectivity index (χ1n) is 10.4. The average Bonchev–Trinajstić information content (AvgIpc) is 3.43. The number of morpholine rings is 1. The maximum absolute atomic E-state index is 14.5. The van der Waals surface area contributed by atoms with Gasteiger partial charge in [-0.2, -0.15) is 5.10 Å². The Balaban J connectivity index is 0.00000274. The highest BCUT2D eigenvalue weighted by molar-refractivity contribution is 6.00. The summed E-state index contributed by atoms with van der Waals surface area (Å²) in [6.07, 6.45) is 2.89. The fourth-order valence-electron chi connectivity index (χ4n) is 4.01. The number of primary amides is 1. The number of amides is 2. The molecule has 1 aliphatic heterocycles. The highest BCUT2D eigenvalue weighted by atomic mass is 35.5. The third-order valence-corrected chi connectivity index (χ3v) is 5.57. The first-order chi connectivity index (χ1) is 16.0. The molecule has 3 heterocycles. The summed E-state index contributed by atoms with van der Waals surface area (Å²) in [5, 5.41) is 6.84. The minimum atomic E-state index is -1.06. The third-order valence-electron chi connectivity index (χ3n) is 5.57. The van der Waals surface area contributed by atoms with Crippen LogP contribution in [0.15, 0.2) is 48.9 Å². The largest absolute Gasteiger partial charge is 0.379 e. The molecule has 0 aliphatic carbocycles. The van der Waals surface area contributed by atoms with Gasteiger partial charge in [-0.25, -0.2) is 18.6 Å². The zero-order valence-corrected chi connectivity index (χ0v) is 18.8. The van der Waals surface area contributed by atoms with Gasteiger partial charge in [0.25, 0.3) is 0 Å². The molecule has 1 fully saturated rings. The molecule has 9 nitrogen and oxygen atoms in total. The van der Waals surface area contributed by atoms with Crippen LogP contribution in [0.25, 0.3) is 16.9 Å². The van der Waals surface area contributed by atoms with Gasteiger partial charge >= 0.3 is 6.03 Å². The van der Waals surface area contributed by atoms with Gasteiger partial charge in [0.05, 0.1) is 24.2 Å². The molecule has 4 aromatic rings. The molecule has 0 atom stereocenters. The van der Waals surface area contributed by atoms with Crippen molar-refractivity contribution in [2.24, 2.45) is 5.73 Å². The Hall–Kier alpha value is -3.54. The molecule has 0 unspecified atom stereocenters. The average molecular weight is 490 g/mol. The molecule has 5 rings (SSSR count). The van der Waals surface area contributed by atoms with E-state index in [1.165, 1.54) is 12.3 Å². The molecule has 3 N–H and O–H groups in total. The summed E-state index contributed by atoms with van der Waals surface area (Å²) >= 11 is 0. The van der Waals surface area contributed by atoms with E-state index in [-0.39, 0.29) is 23.9 Å². The minimum absolute atomic E-state index is 0. The van der Waals surface area contributed by atoms with Crippen molar-refractivity contribution in [1.82, 2.24) is 24.6 Å². The number of ether oxygens (including phenoxy) is 1. The lowest BCUT2D eigenvalue weighted by Crippen LogP contribution is -2.35. The maximum Gasteiger partial charge on any atom is 0.324 e. The fourth-order valence-corrected chi connectivity index (χ4v) is 4.01. The van der Waals surface area contributed by atoms with Gasteiger partial charge < -0.3 is 10.5 Å². The normalized spacial score (nSPS) is 14.2. The number of H-pyrrole nitrogens is 1. The summed E-state index contributed by atoms with van der Waals surface area (Å²) in [5.74, 6) is -1.63. The Morgan fingerprint density at radius 2 is 1.91 bits per heavy atom. The van der Waals surface area contributed by atoms with Gasteiger partial charge in [0.2, 0.25) is 0 Å². The quantitative estimate of drug-likeness (QED) is 0.446. The summed E-state index contributed by atoms with van der Waals surface area (Å²) < 4.78 is 36.0. The molecule has 0 spiro atoms. The first kappa shape index (κ1) is 23.6. The van der Waals surface area contributed by atoms with E-state index in [1.807, 2.05) is 18.2 Å². The van der Waals surface area contributed by atoms with Gasteiger partial charge in [-0.1, -0.05) is 12.1 Å². The number of imidazole rings is 1. The molecule has 0 bridgehead atoms. The lowest BCUT2D eigenvalue weighted by molar-refractivity contribution is 0.0342. The van der Waals surface area contributed by atoms with E-state index >= 15 is 0 Å². The molecule has 178 valence electrons. The lowest BCUT2D eigenvalue weighted by Gasteiger charge is -2.26. The summed E-state index contributed by atoms with van der Waals surface area (Å²) in [7, 11) is 0. The number of nitrogens with zero attached hydrogens (tertiary/aromatic N) is 5. The van der Waals surface area contributed by atoms with E-state index in [0.717, 1.165) is 61.0 Å². The number of hydrogen-bond acceptors (Lipinski definition) is 5. The number of carbonyl (C=O) groups is 1. The second-order valence-electron chi connectivity index (χ2n) is 7.66. The third kappa shape index (κ3) is 4.32. The molecule has 2 amide bonds. The predicted molar refractivity (Wildman–Crippen MR) is 125 cm³/mol. The van der Waals surface area contributed by atoms with E-state index in [4.69, 9.17) is 10.5 Å². The van der Waals surface area contributed by atoms with Crippen LogP contribution in [0.2, 0.25) is 0 Å². The SMILES string of the molecule is Cl.NC(=O)N(c1c[nH]nc1-n1cnc2cc(CN3CCOCC3)ccc21)c1c(F)cccc1F. The highest BCUT2D eigenvalue weighted by Crippen LogP contribution is 2.34. The molecule has 1 aliphatic rings. The van der Waals surface area contributed by atoms with Gasteiger partial charge in [-0.15, -0.1) is 12.4 Å². The molecule has 2 aromatic heterocycles. The van der Waals surface area contributed by atoms with Crippen LogP contribution in [-0.2, 0) is 11.3 Å². The Bertz CT molecular complexity index is 1300. The van der Waals surface area contributed by atoms with Gasteiger partial charge in [-0.3, -0.25) is 19.5 Å². The zero-order valence-electron chi connectivity index (χ0n) is 17.9. The Kier molecular flexibility index (Phi) is 6.77. The Labute approximate surface area is 199 Å². The van der Waals surface area contributed by atoms with Crippen LogP contribution in [0.3, 0.4) is 0 Å². The number of nitrogens with one attached hydrogen (secondary N) is 1. The van der Waals surface area contributed by atoms with Crippen LogP contribution in [-0.4, -0.2) is 57.0 Å². The summed E-state index contributed by atoms with van der Waals surface area (Å²) in [4.78, 5) is 19.8. The highest BCUT2D eigenvalue weighted by Gasteiger charge is 2.27. The summed E-state index contributed by atoms with van der Waals surface area (Å²) in [6, 6.07) is 8.13. The number of hydrogen-bond donors (Lipinski definition) is 2. The number of halogens is 3. The molecule has 12 heteroatoms. The van der Waals surface area contributed by atoms with Gasteiger partial charge in [0.1, 0.15) is 29.3 Å². The number of nitrogens with two attached hydrogens (primary N) is 1. The van der Waals surface area contributed by atoms with Crippen molar-refractivity contribution in [3.63, 3.8) is 0 Å². The van der Waals surface area contributed by atoms with E-state index in [2.05, 4.69) is 20.1 Å². The van der Waals surface area contributed by atoms with E-state index in [1.54, 1.807) is 10.9 Å². The Morgan fingerprint density at radius 1 is 1.18 bits per heavy atom. The van der Waals surface area contributed by atoms with Crippen molar-refractivity contribution in [2.45, 2.75) is 6.54 Å². The van der Waals surface area contributed by atoms with Crippen molar-refractivity contribution in [3.8, 4) is 5.82 Å². The molecule has 0 radical (unpaired) electrons. The fraction of sp³-hybridized carbons (Fsp3) is 0.227. The lowest BCUT2D eigenvalue weighted by atomic mass is 10.2. The number of aromatic nitrogens is 4. The number of para-hydroxylation sites is 1. The van der Waals surface area contributed by atoms with Crippen molar-refractivity contribution in [3.05, 3.63) is 66.1 Å². The van der Waals surface area contributed by atoms with Crippen LogP contribution in [0.4, 0.5) is 25.0 Å². The maximum atomic E-state index is 14.5. The van der Waals surface area contributed by atoms with E-state index in [9.17, 15) is 13.6 Å². The predicted octanol–water partition coefficient (Wildman–Crippen LogP) is 3.50. The molecule has 1 saturated heterocycles. The second-order valence-corrected chi connectivity index (χ2v) is 7.66.